The predicted molar refractivity (Wildman–Crippen MR) is 88.9 cm³/mol. The van der Waals surface area contributed by atoms with E-state index in [-0.39, 0.29) is 11.9 Å². The molecule has 0 aliphatic rings. The number of para-hydroxylation sites is 2. The molecule has 1 amide bonds. The van der Waals surface area contributed by atoms with Crippen LogP contribution in [0, 0.1) is 0 Å². The van der Waals surface area contributed by atoms with Crippen molar-refractivity contribution in [3.05, 3.63) is 48.5 Å². The number of aromatic nitrogens is 3. The summed E-state index contributed by atoms with van der Waals surface area (Å²) in [5, 5.41) is 7.05. The molecule has 0 bridgehead atoms. The monoisotopic (exact) mass is 310 g/mol. The molecular weight excluding hydrogens is 292 g/mol. The van der Waals surface area contributed by atoms with Gasteiger partial charge in [-0.2, -0.15) is 5.10 Å². The SMILES string of the molecule is CCC(C)n1nccc1NC(=O)C=Cc1nc2ccccc2o1. The number of hydrogen-bond acceptors (Lipinski definition) is 4. The lowest BCUT2D eigenvalue weighted by Gasteiger charge is -2.13. The van der Waals surface area contributed by atoms with Crippen LogP contribution in [0.15, 0.2) is 47.0 Å². The number of nitrogens with one attached hydrogen (secondary N) is 1. The average Bonchev–Trinajstić information content (AvgIpc) is 3.18. The van der Waals surface area contributed by atoms with E-state index in [1.807, 2.05) is 24.3 Å². The van der Waals surface area contributed by atoms with Crippen molar-refractivity contribution in [2.75, 3.05) is 5.32 Å². The first-order valence-electron chi connectivity index (χ1n) is 7.55. The molecule has 1 aromatic carbocycles. The van der Waals surface area contributed by atoms with Gasteiger partial charge in [0.05, 0.1) is 12.2 Å². The van der Waals surface area contributed by atoms with Gasteiger partial charge in [0.1, 0.15) is 11.3 Å². The van der Waals surface area contributed by atoms with Crippen LogP contribution in [0.2, 0.25) is 0 Å². The van der Waals surface area contributed by atoms with Gasteiger partial charge in [0.25, 0.3) is 0 Å². The van der Waals surface area contributed by atoms with E-state index in [4.69, 9.17) is 4.42 Å². The molecule has 0 fully saturated rings. The Morgan fingerprint density at radius 1 is 1.39 bits per heavy atom. The van der Waals surface area contributed by atoms with Crippen LogP contribution in [0.3, 0.4) is 0 Å². The lowest BCUT2D eigenvalue weighted by molar-refractivity contribution is -0.111. The van der Waals surface area contributed by atoms with Crippen LogP contribution in [-0.2, 0) is 4.79 Å². The molecule has 23 heavy (non-hydrogen) atoms. The van der Waals surface area contributed by atoms with Crippen LogP contribution < -0.4 is 5.32 Å². The van der Waals surface area contributed by atoms with E-state index in [2.05, 4.69) is 29.2 Å². The summed E-state index contributed by atoms with van der Waals surface area (Å²) < 4.78 is 7.33. The predicted octanol–water partition coefficient (Wildman–Crippen LogP) is 3.65. The Morgan fingerprint density at radius 3 is 3.00 bits per heavy atom. The highest BCUT2D eigenvalue weighted by Crippen LogP contribution is 2.17. The maximum atomic E-state index is 12.1. The zero-order chi connectivity index (χ0) is 16.2. The highest BCUT2D eigenvalue weighted by atomic mass is 16.3. The second-order valence-corrected chi connectivity index (χ2v) is 5.26. The van der Waals surface area contributed by atoms with E-state index in [9.17, 15) is 4.79 Å². The molecule has 1 unspecified atom stereocenters. The summed E-state index contributed by atoms with van der Waals surface area (Å²) in [5.74, 6) is 0.820. The Labute approximate surface area is 133 Å². The minimum absolute atomic E-state index is 0.223. The van der Waals surface area contributed by atoms with Gasteiger partial charge >= 0.3 is 0 Å². The Kier molecular flexibility index (Phi) is 4.23. The minimum atomic E-state index is -0.252. The smallest absolute Gasteiger partial charge is 0.249 e. The van der Waals surface area contributed by atoms with Gasteiger partial charge in [-0.1, -0.05) is 19.1 Å². The van der Waals surface area contributed by atoms with Gasteiger partial charge in [0.15, 0.2) is 5.58 Å². The zero-order valence-corrected chi connectivity index (χ0v) is 13.1. The van der Waals surface area contributed by atoms with Crippen LogP contribution in [0.5, 0.6) is 0 Å². The Morgan fingerprint density at radius 2 is 2.22 bits per heavy atom. The van der Waals surface area contributed by atoms with Crippen molar-refractivity contribution >= 4 is 28.9 Å². The van der Waals surface area contributed by atoms with Crippen LogP contribution in [0.4, 0.5) is 5.82 Å². The number of amides is 1. The van der Waals surface area contributed by atoms with Crippen molar-refractivity contribution in [3.8, 4) is 0 Å². The number of carbonyl (C=O) groups excluding carboxylic acids is 1. The second-order valence-electron chi connectivity index (χ2n) is 5.26. The third kappa shape index (κ3) is 3.31. The van der Waals surface area contributed by atoms with Crippen LogP contribution in [0.25, 0.3) is 17.2 Å². The minimum Gasteiger partial charge on any atom is -0.437 e. The van der Waals surface area contributed by atoms with Crippen LogP contribution >= 0.6 is 0 Å². The highest BCUT2D eigenvalue weighted by molar-refractivity contribution is 6.01. The molecule has 0 aliphatic carbocycles. The van der Waals surface area contributed by atoms with Crippen molar-refractivity contribution < 1.29 is 9.21 Å². The fourth-order valence-electron chi connectivity index (χ4n) is 2.21. The molecule has 0 radical (unpaired) electrons. The number of hydrogen-bond donors (Lipinski definition) is 1. The van der Waals surface area contributed by atoms with E-state index in [0.717, 1.165) is 11.9 Å². The zero-order valence-electron chi connectivity index (χ0n) is 13.1. The molecule has 2 aromatic heterocycles. The van der Waals surface area contributed by atoms with Crippen molar-refractivity contribution in [1.29, 1.82) is 0 Å². The molecule has 1 atom stereocenters. The number of oxazole rings is 1. The third-order valence-corrected chi connectivity index (χ3v) is 3.62. The fourth-order valence-corrected chi connectivity index (χ4v) is 2.21. The number of rotatable bonds is 5. The largest absolute Gasteiger partial charge is 0.437 e. The molecule has 0 saturated carbocycles. The van der Waals surface area contributed by atoms with E-state index in [0.29, 0.717) is 17.3 Å². The Balaban J connectivity index is 1.70. The molecule has 6 heteroatoms. The molecule has 3 aromatic rings. The summed E-state index contributed by atoms with van der Waals surface area (Å²) in [6.45, 7) is 4.13. The fraction of sp³-hybridized carbons (Fsp3) is 0.235. The van der Waals surface area contributed by atoms with Gasteiger partial charge in [-0.15, -0.1) is 0 Å². The van der Waals surface area contributed by atoms with Crippen LogP contribution in [-0.4, -0.2) is 20.7 Å². The summed E-state index contributed by atoms with van der Waals surface area (Å²) >= 11 is 0. The van der Waals surface area contributed by atoms with Crippen molar-refractivity contribution in [2.45, 2.75) is 26.3 Å². The molecule has 2 heterocycles. The van der Waals surface area contributed by atoms with Crippen molar-refractivity contribution in [3.63, 3.8) is 0 Å². The van der Waals surface area contributed by atoms with Gasteiger partial charge in [-0.05, 0) is 25.5 Å². The first-order valence-corrected chi connectivity index (χ1v) is 7.55. The maximum Gasteiger partial charge on any atom is 0.249 e. The van der Waals surface area contributed by atoms with E-state index in [1.165, 1.54) is 6.08 Å². The van der Waals surface area contributed by atoms with Gasteiger partial charge in [-0.3, -0.25) is 4.79 Å². The summed E-state index contributed by atoms with van der Waals surface area (Å²) in [7, 11) is 0. The number of fused-ring (bicyclic) bond motifs is 1. The molecule has 6 nitrogen and oxygen atoms in total. The lowest BCUT2D eigenvalue weighted by atomic mass is 10.3. The topological polar surface area (TPSA) is 73.0 Å². The van der Waals surface area contributed by atoms with E-state index >= 15 is 0 Å². The maximum absolute atomic E-state index is 12.1. The standard InChI is InChI=1S/C17H18N4O2/c1-3-12(2)21-15(10-11-18-21)20-16(22)8-9-17-19-13-6-4-5-7-14(13)23-17/h4-12H,3H2,1-2H3,(H,20,22). The normalized spacial score (nSPS) is 12.8. The summed E-state index contributed by atoms with van der Waals surface area (Å²) in [6, 6.07) is 9.47. The van der Waals surface area contributed by atoms with Crippen molar-refractivity contribution in [1.82, 2.24) is 14.8 Å². The molecule has 0 saturated heterocycles. The highest BCUT2D eigenvalue weighted by Gasteiger charge is 2.10. The van der Waals surface area contributed by atoms with Gasteiger partial charge < -0.3 is 9.73 Å². The van der Waals surface area contributed by atoms with E-state index in [1.54, 1.807) is 23.0 Å². The first kappa shape index (κ1) is 15.0. The summed E-state index contributed by atoms with van der Waals surface area (Å²) in [6.07, 6.45) is 5.56. The average molecular weight is 310 g/mol. The summed E-state index contributed by atoms with van der Waals surface area (Å²) in [5.41, 5.74) is 1.46. The van der Waals surface area contributed by atoms with Crippen LogP contribution in [0.1, 0.15) is 32.2 Å². The Hall–Kier alpha value is -2.89. The second kappa shape index (κ2) is 6.48. The number of nitrogens with zero attached hydrogens (tertiary/aromatic N) is 3. The van der Waals surface area contributed by atoms with Gasteiger partial charge in [0.2, 0.25) is 11.8 Å². The Bertz CT molecular complexity index is 814. The first-order chi connectivity index (χ1) is 11.2. The van der Waals surface area contributed by atoms with Crippen molar-refractivity contribution in [2.24, 2.45) is 0 Å². The number of anilines is 1. The number of carbonyl (C=O) groups is 1. The molecular formula is C17H18N4O2. The van der Waals surface area contributed by atoms with Gasteiger partial charge in [-0.25, -0.2) is 9.67 Å². The van der Waals surface area contributed by atoms with E-state index < -0.39 is 0 Å². The molecule has 0 aliphatic heterocycles. The lowest BCUT2D eigenvalue weighted by Crippen LogP contribution is -2.15. The molecule has 1 N–H and O–H groups in total. The molecule has 0 spiro atoms. The van der Waals surface area contributed by atoms with Gasteiger partial charge in [0, 0.05) is 18.2 Å². The third-order valence-electron chi connectivity index (χ3n) is 3.62. The molecule has 118 valence electrons. The molecule has 3 rings (SSSR count). The number of benzene rings is 1. The summed E-state index contributed by atoms with van der Waals surface area (Å²) in [4.78, 5) is 16.3. The quantitative estimate of drug-likeness (QED) is 0.730.